The third-order valence-corrected chi connectivity index (χ3v) is 3.61. The van der Waals surface area contributed by atoms with Crippen LogP contribution >= 0.6 is 11.6 Å². The number of nitrogens with zero attached hydrogens (tertiary/aromatic N) is 2. The van der Waals surface area contributed by atoms with E-state index in [-0.39, 0.29) is 11.8 Å². The number of halogens is 1. The summed E-state index contributed by atoms with van der Waals surface area (Å²) >= 11 is 5.96. The molecule has 2 amide bonds. The third-order valence-electron chi connectivity index (χ3n) is 3.28. The van der Waals surface area contributed by atoms with E-state index in [0.717, 1.165) is 13.0 Å². The molecule has 0 aliphatic carbocycles. The van der Waals surface area contributed by atoms with Crippen LogP contribution in [0.3, 0.4) is 0 Å². The number of amides is 2. The van der Waals surface area contributed by atoms with Crippen LogP contribution in [0, 0.1) is 0 Å². The van der Waals surface area contributed by atoms with Crippen molar-refractivity contribution >= 4 is 23.4 Å². The van der Waals surface area contributed by atoms with Crippen molar-refractivity contribution in [1.82, 2.24) is 20.4 Å². The largest absolute Gasteiger partial charge is 0.354 e. The minimum atomic E-state index is -0.636. The number of benzene rings is 1. The first-order valence-electron chi connectivity index (χ1n) is 7.38. The van der Waals surface area contributed by atoms with Crippen LogP contribution in [-0.4, -0.2) is 34.2 Å². The molecule has 122 valence electrons. The zero-order valence-corrected chi connectivity index (χ0v) is 13.6. The van der Waals surface area contributed by atoms with E-state index in [1.807, 2.05) is 12.3 Å². The van der Waals surface area contributed by atoms with Gasteiger partial charge < -0.3 is 10.6 Å². The van der Waals surface area contributed by atoms with Gasteiger partial charge in [0.1, 0.15) is 6.04 Å². The lowest BCUT2D eigenvalue weighted by molar-refractivity contribution is -0.122. The number of rotatable bonds is 7. The number of aryl methyl sites for hydroxylation is 1. The van der Waals surface area contributed by atoms with Crippen LogP contribution in [0.5, 0.6) is 0 Å². The van der Waals surface area contributed by atoms with E-state index < -0.39 is 6.04 Å². The fourth-order valence-electron chi connectivity index (χ4n) is 2.02. The predicted molar refractivity (Wildman–Crippen MR) is 88.2 cm³/mol. The van der Waals surface area contributed by atoms with Crippen LogP contribution in [0.25, 0.3) is 0 Å². The topological polar surface area (TPSA) is 76.0 Å². The summed E-state index contributed by atoms with van der Waals surface area (Å²) in [5.74, 6) is -0.597. The van der Waals surface area contributed by atoms with Crippen LogP contribution < -0.4 is 10.6 Å². The number of carbonyl (C=O) groups is 2. The molecular weight excluding hydrogens is 316 g/mol. The minimum absolute atomic E-state index is 0.231. The second-order valence-corrected chi connectivity index (χ2v) is 5.50. The summed E-state index contributed by atoms with van der Waals surface area (Å²) in [7, 11) is 0. The molecule has 2 rings (SSSR count). The van der Waals surface area contributed by atoms with Gasteiger partial charge in [-0.05, 0) is 31.5 Å². The third kappa shape index (κ3) is 5.10. The number of nitrogens with one attached hydrogen (secondary N) is 2. The molecule has 0 saturated heterocycles. The Morgan fingerprint density at radius 2 is 2.09 bits per heavy atom. The average Bonchev–Trinajstić information content (AvgIpc) is 3.05. The van der Waals surface area contributed by atoms with Crippen molar-refractivity contribution in [2.75, 3.05) is 6.54 Å². The van der Waals surface area contributed by atoms with Gasteiger partial charge in [-0.2, -0.15) is 5.10 Å². The molecule has 0 spiro atoms. The molecule has 0 fully saturated rings. The van der Waals surface area contributed by atoms with Crippen molar-refractivity contribution in [1.29, 1.82) is 0 Å². The van der Waals surface area contributed by atoms with Crippen molar-refractivity contribution in [2.45, 2.75) is 25.9 Å². The van der Waals surface area contributed by atoms with E-state index in [1.54, 1.807) is 42.1 Å². The van der Waals surface area contributed by atoms with Crippen molar-refractivity contribution in [2.24, 2.45) is 0 Å². The molecule has 0 radical (unpaired) electrons. The summed E-state index contributed by atoms with van der Waals surface area (Å²) in [6.07, 6.45) is 4.35. The zero-order valence-electron chi connectivity index (χ0n) is 12.8. The van der Waals surface area contributed by atoms with Crippen molar-refractivity contribution in [3.63, 3.8) is 0 Å². The van der Waals surface area contributed by atoms with Crippen molar-refractivity contribution < 1.29 is 9.59 Å². The van der Waals surface area contributed by atoms with Gasteiger partial charge in [0.2, 0.25) is 5.91 Å². The van der Waals surface area contributed by atoms with Gasteiger partial charge in [-0.15, -0.1) is 0 Å². The van der Waals surface area contributed by atoms with Crippen LogP contribution in [0.2, 0.25) is 5.02 Å². The Morgan fingerprint density at radius 3 is 2.78 bits per heavy atom. The highest BCUT2D eigenvalue weighted by Crippen LogP contribution is 2.14. The maximum atomic E-state index is 12.1. The van der Waals surface area contributed by atoms with E-state index in [0.29, 0.717) is 17.1 Å². The Morgan fingerprint density at radius 1 is 1.30 bits per heavy atom. The maximum absolute atomic E-state index is 12.1. The molecule has 0 unspecified atom stereocenters. The SMILES string of the molecule is C[C@H](NC(=O)c1ccccc1Cl)C(=O)NCCCn1cccn1. The second kappa shape index (κ2) is 8.33. The van der Waals surface area contributed by atoms with Crippen LogP contribution in [0.1, 0.15) is 23.7 Å². The molecule has 0 saturated carbocycles. The van der Waals surface area contributed by atoms with E-state index in [9.17, 15) is 9.59 Å². The lowest BCUT2D eigenvalue weighted by Crippen LogP contribution is -2.45. The van der Waals surface area contributed by atoms with Gasteiger partial charge in [0.05, 0.1) is 10.6 Å². The molecule has 0 aliphatic heterocycles. The van der Waals surface area contributed by atoms with Crippen molar-refractivity contribution in [3.8, 4) is 0 Å². The molecule has 23 heavy (non-hydrogen) atoms. The Balaban J connectivity index is 1.74. The summed E-state index contributed by atoms with van der Waals surface area (Å²) in [6, 6.07) is 7.94. The van der Waals surface area contributed by atoms with Crippen molar-refractivity contribution in [3.05, 3.63) is 53.3 Å². The minimum Gasteiger partial charge on any atom is -0.354 e. The smallest absolute Gasteiger partial charge is 0.253 e. The quantitative estimate of drug-likeness (QED) is 0.759. The molecular formula is C16H19ClN4O2. The summed E-state index contributed by atoms with van der Waals surface area (Å²) in [5.41, 5.74) is 0.354. The highest BCUT2D eigenvalue weighted by Gasteiger charge is 2.17. The molecule has 1 aromatic heterocycles. The Bertz CT molecular complexity index is 658. The van der Waals surface area contributed by atoms with Crippen LogP contribution in [0.15, 0.2) is 42.7 Å². The monoisotopic (exact) mass is 334 g/mol. The zero-order chi connectivity index (χ0) is 16.7. The molecule has 2 aromatic rings. The van der Waals surface area contributed by atoms with Gasteiger partial charge in [-0.1, -0.05) is 23.7 Å². The van der Waals surface area contributed by atoms with E-state index in [1.165, 1.54) is 0 Å². The molecule has 0 aliphatic rings. The Kier molecular flexibility index (Phi) is 6.17. The van der Waals surface area contributed by atoms with Gasteiger partial charge in [0.15, 0.2) is 0 Å². The molecule has 7 heteroatoms. The molecule has 1 aromatic carbocycles. The van der Waals surface area contributed by atoms with Gasteiger partial charge in [-0.25, -0.2) is 0 Å². The van der Waals surface area contributed by atoms with E-state index >= 15 is 0 Å². The molecule has 2 N–H and O–H groups in total. The lowest BCUT2D eigenvalue weighted by Gasteiger charge is -2.14. The first-order valence-corrected chi connectivity index (χ1v) is 7.76. The fraction of sp³-hybridized carbons (Fsp3) is 0.312. The highest BCUT2D eigenvalue weighted by atomic mass is 35.5. The van der Waals surface area contributed by atoms with Gasteiger partial charge >= 0.3 is 0 Å². The number of aromatic nitrogens is 2. The summed E-state index contributed by atoms with van der Waals surface area (Å²) in [5, 5.41) is 9.87. The number of hydrogen-bond donors (Lipinski definition) is 2. The second-order valence-electron chi connectivity index (χ2n) is 5.09. The lowest BCUT2D eigenvalue weighted by atomic mass is 10.2. The molecule has 0 bridgehead atoms. The average molecular weight is 335 g/mol. The summed E-state index contributed by atoms with van der Waals surface area (Å²) < 4.78 is 1.80. The maximum Gasteiger partial charge on any atom is 0.253 e. The Labute approximate surface area is 139 Å². The standard InChI is InChI=1S/C16H19ClN4O2/c1-12(20-16(23)13-6-2-3-7-14(13)17)15(22)18-8-4-10-21-11-5-9-19-21/h2-3,5-7,9,11-12H,4,8,10H2,1H3,(H,18,22)(H,20,23)/t12-/m0/s1. The number of carbonyl (C=O) groups excluding carboxylic acids is 2. The van der Waals surface area contributed by atoms with Crippen LogP contribution in [-0.2, 0) is 11.3 Å². The Hall–Kier alpha value is -2.34. The first-order chi connectivity index (χ1) is 11.1. The fourth-order valence-corrected chi connectivity index (χ4v) is 2.25. The normalized spacial score (nSPS) is 11.7. The van der Waals surface area contributed by atoms with E-state index in [4.69, 9.17) is 11.6 Å². The van der Waals surface area contributed by atoms with Gasteiger partial charge in [0, 0.05) is 25.5 Å². The summed E-state index contributed by atoms with van der Waals surface area (Å²) in [6.45, 7) is 2.89. The molecule has 6 nitrogen and oxygen atoms in total. The predicted octanol–water partition coefficient (Wildman–Crippen LogP) is 1.86. The molecule has 1 atom stereocenters. The number of hydrogen-bond acceptors (Lipinski definition) is 3. The highest BCUT2D eigenvalue weighted by molar-refractivity contribution is 6.33. The van der Waals surface area contributed by atoms with E-state index in [2.05, 4.69) is 15.7 Å². The van der Waals surface area contributed by atoms with Gasteiger partial charge in [-0.3, -0.25) is 14.3 Å². The summed E-state index contributed by atoms with van der Waals surface area (Å²) in [4.78, 5) is 24.1. The van der Waals surface area contributed by atoms with Gasteiger partial charge in [0.25, 0.3) is 5.91 Å². The van der Waals surface area contributed by atoms with Crippen LogP contribution in [0.4, 0.5) is 0 Å². The molecule has 1 heterocycles. The first kappa shape index (κ1) is 17.0.